The minimum Gasteiger partial charge on any atom is -0.336 e. The minimum atomic E-state index is -0.546. The molecule has 0 atom stereocenters. The molecule has 0 bridgehead atoms. The van der Waals surface area contributed by atoms with Gasteiger partial charge in [0.15, 0.2) is 0 Å². The Balaban J connectivity index is 1.46. The number of anilines is 1. The Bertz CT molecular complexity index is 1050. The van der Waals surface area contributed by atoms with Crippen molar-refractivity contribution in [3.63, 3.8) is 0 Å². The van der Waals surface area contributed by atoms with Crippen LogP contribution in [-0.4, -0.2) is 62.1 Å². The highest BCUT2D eigenvalue weighted by Gasteiger charge is 2.27. The van der Waals surface area contributed by atoms with Crippen LogP contribution in [0.4, 0.5) is 11.6 Å². The third kappa shape index (κ3) is 3.74. The molecule has 10 nitrogen and oxygen atoms in total. The maximum Gasteiger partial charge on any atom is 0.270 e. The quantitative estimate of drug-likeness (QED) is 0.476. The number of para-hydroxylation sites is 1. The molecule has 0 saturated carbocycles. The molecule has 1 fully saturated rings. The lowest BCUT2D eigenvalue weighted by Gasteiger charge is -2.35. The van der Waals surface area contributed by atoms with Gasteiger partial charge in [0.1, 0.15) is 0 Å². The zero-order chi connectivity index (χ0) is 20.4. The molecule has 1 aromatic heterocycles. The molecule has 0 radical (unpaired) electrons. The molecule has 3 aromatic rings. The van der Waals surface area contributed by atoms with Crippen molar-refractivity contribution < 1.29 is 9.72 Å². The van der Waals surface area contributed by atoms with E-state index in [2.05, 4.69) is 15.5 Å². The lowest BCUT2D eigenvalue weighted by molar-refractivity contribution is -0.384. The Kier molecular flexibility index (Phi) is 5.09. The first kappa shape index (κ1) is 18.8. The Morgan fingerprint density at radius 2 is 1.79 bits per heavy atom. The van der Waals surface area contributed by atoms with E-state index in [1.807, 2.05) is 35.2 Å². The van der Waals surface area contributed by atoms with Crippen molar-refractivity contribution in [2.75, 3.05) is 31.1 Å². The smallest absolute Gasteiger partial charge is 0.270 e. The predicted octanol–water partition coefficient (Wildman–Crippen LogP) is 2.19. The lowest BCUT2D eigenvalue weighted by atomic mass is 10.1. The van der Waals surface area contributed by atoms with Crippen LogP contribution in [0.5, 0.6) is 0 Å². The van der Waals surface area contributed by atoms with Crippen LogP contribution in [0.3, 0.4) is 0 Å². The summed E-state index contributed by atoms with van der Waals surface area (Å²) in [7, 11) is 0. The summed E-state index contributed by atoms with van der Waals surface area (Å²) in [6.07, 6.45) is 0. The number of nitro groups is 1. The average Bonchev–Trinajstić information content (AvgIpc) is 3.24. The number of halogens is 1. The number of hydrogen-bond donors (Lipinski definition) is 0. The van der Waals surface area contributed by atoms with Crippen molar-refractivity contribution in [2.45, 2.75) is 0 Å². The monoisotopic (exact) mass is 413 g/mol. The first-order valence-electron chi connectivity index (χ1n) is 8.86. The van der Waals surface area contributed by atoms with Crippen molar-refractivity contribution in [1.29, 1.82) is 0 Å². The molecule has 2 aromatic carbocycles. The van der Waals surface area contributed by atoms with Crippen LogP contribution < -0.4 is 4.90 Å². The molecule has 4 rings (SSSR count). The number of aromatic nitrogens is 4. The van der Waals surface area contributed by atoms with Crippen LogP contribution in [0.2, 0.25) is 5.02 Å². The summed E-state index contributed by atoms with van der Waals surface area (Å²) >= 11 is 6.09. The number of carbonyl (C=O) groups excluding carboxylic acids is 1. The van der Waals surface area contributed by atoms with Crippen molar-refractivity contribution in [1.82, 2.24) is 25.1 Å². The largest absolute Gasteiger partial charge is 0.336 e. The first-order chi connectivity index (χ1) is 14.0. The zero-order valence-electron chi connectivity index (χ0n) is 15.2. The van der Waals surface area contributed by atoms with Gasteiger partial charge in [0.25, 0.3) is 11.6 Å². The van der Waals surface area contributed by atoms with Crippen LogP contribution in [-0.2, 0) is 0 Å². The summed E-state index contributed by atoms with van der Waals surface area (Å²) in [5.74, 6) is 0.351. The van der Waals surface area contributed by atoms with E-state index in [1.54, 1.807) is 9.58 Å². The summed E-state index contributed by atoms with van der Waals surface area (Å²) in [6.45, 7) is 1.99. The summed E-state index contributed by atoms with van der Waals surface area (Å²) in [4.78, 5) is 26.8. The summed E-state index contributed by atoms with van der Waals surface area (Å²) in [5.41, 5.74) is 0.952. The number of piperazine rings is 1. The van der Waals surface area contributed by atoms with Crippen LogP contribution >= 0.6 is 11.6 Å². The van der Waals surface area contributed by atoms with E-state index in [9.17, 15) is 14.9 Å². The molecule has 29 heavy (non-hydrogen) atoms. The van der Waals surface area contributed by atoms with Crippen LogP contribution in [0.15, 0.2) is 48.5 Å². The second-order valence-electron chi connectivity index (χ2n) is 6.43. The van der Waals surface area contributed by atoms with E-state index in [-0.39, 0.29) is 22.2 Å². The number of carbonyl (C=O) groups is 1. The summed E-state index contributed by atoms with van der Waals surface area (Å²) < 4.78 is 1.66. The number of tetrazole rings is 1. The number of amides is 1. The molecule has 0 unspecified atom stereocenters. The number of benzene rings is 2. The zero-order valence-corrected chi connectivity index (χ0v) is 15.9. The SMILES string of the molecule is O=C(c1ccc([N+](=O)[O-])cc1Cl)N1CCN(c2nnnn2-c2ccccc2)CC1. The molecular weight excluding hydrogens is 398 g/mol. The van der Waals surface area contributed by atoms with Gasteiger partial charge in [0.2, 0.25) is 5.95 Å². The number of non-ortho nitro benzene ring substituents is 1. The normalized spacial score (nSPS) is 14.1. The first-order valence-corrected chi connectivity index (χ1v) is 9.24. The Morgan fingerprint density at radius 1 is 1.07 bits per heavy atom. The lowest BCUT2D eigenvalue weighted by Crippen LogP contribution is -2.49. The minimum absolute atomic E-state index is 0.0691. The van der Waals surface area contributed by atoms with Crippen molar-refractivity contribution in [2.24, 2.45) is 0 Å². The second kappa shape index (κ2) is 7.84. The number of nitro benzene ring substituents is 1. The maximum atomic E-state index is 12.8. The van der Waals surface area contributed by atoms with Gasteiger partial charge in [0.05, 0.1) is 21.2 Å². The van der Waals surface area contributed by atoms with E-state index >= 15 is 0 Å². The van der Waals surface area contributed by atoms with Crippen molar-refractivity contribution >= 4 is 29.1 Å². The van der Waals surface area contributed by atoms with Gasteiger partial charge in [-0.05, 0) is 28.6 Å². The van der Waals surface area contributed by atoms with Gasteiger partial charge in [-0.3, -0.25) is 14.9 Å². The highest BCUT2D eigenvalue weighted by molar-refractivity contribution is 6.34. The number of nitrogens with zero attached hydrogens (tertiary/aromatic N) is 7. The van der Waals surface area contributed by atoms with Crippen LogP contribution in [0.25, 0.3) is 5.69 Å². The summed E-state index contributed by atoms with van der Waals surface area (Å²) in [6, 6.07) is 13.4. The maximum absolute atomic E-state index is 12.8. The van der Waals surface area contributed by atoms with E-state index in [0.29, 0.717) is 32.1 Å². The van der Waals surface area contributed by atoms with Gasteiger partial charge in [-0.15, -0.1) is 0 Å². The topological polar surface area (TPSA) is 110 Å². The van der Waals surface area contributed by atoms with E-state index in [1.165, 1.54) is 18.2 Å². The van der Waals surface area contributed by atoms with E-state index < -0.39 is 4.92 Å². The molecule has 1 aliphatic rings. The third-order valence-electron chi connectivity index (χ3n) is 4.70. The average molecular weight is 414 g/mol. The standard InChI is InChI=1S/C18H16ClN7O3/c19-16-12-14(26(28)29)6-7-15(16)17(27)23-8-10-24(11-9-23)18-20-21-22-25(18)13-4-2-1-3-5-13/h1-7,12H,8-11H2. The van der Waals surface area contributed by atoms with E-state index in [4.69, 9.17) is 11.6 Å². The molecule has 1 saturated heterocycles. The molecule has 11 heteroatoms. The third-order valence-corrected chi connectivity index (χ3v) is 5.01. The van der Waals surface area contributed by atoms with Gasteiger partial charge < -0.3 is 9.80 Å². The fraction of sp³-hybridized carbons (Fsp3) is 0.222. The van der Waals surface area contributed by atoms with E-state index in [0.717, 1.165) is 5.69 Å². The van der Waals surface area contributed by atoms with Gasteiger partial charge >= 0.3 is 0 Å². The fourth-order valence-corrected chi connectivity index (χ4v) is 3.44. The molecule has 148 valence electrons. The fourth-order valence-electron chi connectivity index (χ4n) is 3.19. The van der Waals surface area contributed by atoms with Gasteiger partial charge in [0, 0.05) is 38.3 Å². The van der Waals surface area contributed by atoms with Crippen LogP contribution in [0, 0.1) is 10.1 Å². The number of hydrogen-bond acceptors (Lipinski definition) is 7. The van der Waals surface area contributed by atoms with Gasteiger partial charge in [-0.2, -0.15) is 4.68 Å². The number of rotatable bonds is 4. The summed E-state index contributed by atoms with van der Waals surface area (Å²) in [5, 5.41) is 22.9. The molecule has 1 aliphatic heterocycles. The molecule has 0 N–H and O–H groups in total. The molecule has 1 amide bonds. The van der Waals surface area contributed by atoms with Gasteiger partial charge in [-0.1, -0.05) is 34.9 Å². The molecule has 0 aliphatic carbocycles. The Hall–Kier alpha value is -3.53. The molecule has 2 heterocycles. The van der Waals surface area contributed by atoms with Gasteiger partial charge in [-0.25, -0.2) is 0 Å². The highest BCUT2D eigenvalue weighted by atomic mass is 35.5. The molecule has 0 spiro atoms. The molecular formula is C18H16ClN7O3. The van der Waals surface area contributed by atoms with Crippen molar-refractivity contribution in [3.8, 4) is 5.69 Å². The Morgan fingerprint density at radius 3 is 2.45 bits per heavy atom. The Labute approximate surface area is 170 Å². The van der Waals surface area contributed by atoms with Crippen LogP contribution in [0.1, 0.15) is 10.4 Å². The van der Waals surface area contributed by atoms with Crippen molar-refractivity contribution in [3.05, 3.63) is 69.2 Å². The second-order valence-corrected chi connectivity index (χ2v) is 6.83. The highest BCUT2D eigenvalue weighted by Crippen LogP contribution is 2.25. The predicted molar refractivity (Wildman–Crippen MR) is 105 cm³/mol.